The first-order chi connectivity index (χ1) is 6.61. The monoisotopic (exact) mass is 202 g/mol. The van der Waals surface area contributed by atoms with Gasteiger partial charge in [-0.15, -0.1) is 0 Å². The minimum Gasteiger partial charge on any atom is -0.387 e. The number of methoxy groups -OCH3 is 1. The van der Waals surface area contributed by atoms with E-state index < -0.39 is 5.60 Å². The maximum absolute atomic E-state index is 11.5. The van der Waals surface area contributed by atoms with E-state index in [-0.39, 0.29) is 12.5 Å². The summed E-state index contributed by atoms with van der Waals surface area (Å²) in [6, 6.07) is 0. The molecule has 1 saturated heterocycles. The first-order valence-electron chi connectivity index (χ1n) is 4.80. The van der Waals surface area contributed by atoms with Gasteiger partial charge in [0.15, 0.2) is 0 Å². The molecule has 0 aromatic heterocycles. The summed E-state index contributed by atoms with van der Waals surface area (Å²) in [6.45, 7) is 1.58. The Kier molecular flexibility index (Phi) is 3.86. The molecule has 1 atom stereocenters. The number of hydrogen-bond acceptors (Lipinski definition) is 4. The van der Waals surface area contributed by atoms with Crippen LogP contribution < -0.4 is 5.73 Å². The summed E-state index contributed by atoms with van der Waals surface area (Å²) < 4.78 is 4.82. The van der Waals surface area contributed by atoms with Gasteiger partial charge in [0, 0.05) is 20.2 Å². The van der Waals surface area contributed by atoms with Crippen LogP contribution in [0.4, 0.5) is 0 Å². The van der Waals surface area contributed by atoms with Gasteiger partial charge in [0.05, 0.1) is 25.2 Å². The Morgan fingerprint density at radius 3 is 2.93 bits per heavy atom. The van der Waals surface area contributed by atoms with Crippen LogP contribution in [0, 0.1) is 0 Å². The first-order valence-corrected chi connectivity index (χ1v) is 4.80. The van der Waals surface area contributed by atoms with Crippen molar-refractivity contribution in [3.8, 4) is 0 Å². The Morgan fingerprint density at radius 1 is 1.71 bits per heavy atom. The van der Waals surface area contributed by atoms with Crippen LogP contribution in [0.3, 0.4) is 0 Å². The molecule has 1 fully saturated rings. The van der Waals surface area contributed by atoms with E-state index in [1.54, 1.807) is 12.0 Å². The Hall–Kier alpha value is -0.650. The molecular formula is C9H18N2O3. The van der Waals surface area contributed by atoms with Crippen LogP contribution in [-0.2, 0) is 9.53 Å². The van der Waals surface area contributed by atoms with Crippen LogP contribution in [0.15, 0.2) is 0 Å². The van der Waals surface area contributed by atoms with Crippen LogP contribution in [0.25, 0.3) is 0 Å². The van der Waals surface area contributed by atoms with Crippen LogP contribution >= 0.6 is 0 Å². The lowest BCUT2D eigenvalue weighted by Gasteiger charge is -2.21. The van der Waals surface area contributed by atoms with E-state index in [9.17, 15) is 9.90 Å². The Bertz CT molecular complexity index is 210. The Labute approximate surface area is 83.8 Å². The zero-order valence-corrected chi connectivity index (χ0v) is 8.53. The highest BCUT2D eigenvalue weighted by Crippen LogP contribution is 2.20. The number of carbonyl (C=O) groups excluding carboxylic acids is 1. The highest BCUT2D eigenvalue weighted by molar-refractivity contribution is 5.76. The summed E-state index contributed by atoms with van der Waals surface area (Å²) >= 11 is 0. The molecular weight excluding hydrogens is 184 g/mol. The average molecular weight is 202 g/mol. The molecule has 0 radical (unpaired) electrons. The van der Waals surface area contributed by atoms with Crippen molar-refractivity contribution >= 4 is 5.91 Å². The quantitative estimate of drug-likeness (QED) is 0.609. The van der Waals surface area contributed by atoms with Gasteiger partial charge < -0.3 is 20.5 Å². The highest BCUT2D eigenvalue weighted by Gasteiger charge is 2.36. The molecule has 0 bridgehead atoms. The maximum Gasteiger partial charge on any atom is 0.224 e. The molecule has 1 rings (SSSR count). The second-order valence-corrected chi connectivity index (χ2v) is 3.74. The molecule has 1 amide bonds. The lowest BCUT2D eigenvalue weighted by atomic mass is 10.0. The van der Waals surface area contributed by atoms with Gasteiger partial charge in [-0.3, -0.25) is 4.79 Å². The lowest BCUT2D eigenvalue weighted by Crippen LogP contribution is -2.41. The molecule has 0 aromatic rings. The molecule has 0 spiro atoms. The molecule has 0 aromatic carbocycles. The largest absolute Gasteiger partial charge is 0.387 e. The number of carbonyl (C=O) groups is 1. The second kappa shape index (κ2) is 4.72. The van der Waals surface area contributed by atoms with E-state index in [1.165, 1.54) is 0 Å². The van der Waals surface area contributed by atoms with Crippen LogP contribution in [-0.4, -0.2) is 54.9 Å². The van der Waals surface area contributed by atoms with Gasteiger partial charge in [0.2, 0.25) is 5.91 Å². The summed E-state index contributed by atoms with van der Waals surface area (Å²) in [4.78, 5) is 13.1. The van der Waals surface area contributed by atoms with Gasteiger partial charge in [-0.05, 0) is 6.42 Å². The second-order valence-electron chi connectivity index (χ2n) is 3.74. The van der Waals surface area contributed by atoms with Gasteiger partial charge in [-0.1, -0.05) is 0 Å². The maximum atomic E-state index is 11.5. The number of nitrogens with two attached hydrogens (primary N) is 1. The standard InChI is InChI=1S/C9H18N2O3/c1-14-5-2-8(12)11-4-3-9(13,6-10)7-11/h13H,2-7,10H2,1H3. The van der Waals surface area contributed by atoms with E-state index >= 15 is 0 Å². The zero-order valence-electron chi connectivity index (χ0n) is 8.53. The van der Waals surface area contributed by atoms with Crippen molar-refractivity contribution in [1.29, 1.82) is 0 Å². The normalized spacial score (nSPS) is 26.9. The number of ether oxygens (including phenoxy) is 1. The third kappa shape index (κ3) is 2.67. The van der Waals surface area contributed by atoms with Gasteiger partial charge in [0.1, 0.15) is 0 Å². The van der Waals surface area contributed by atoms with E-state index in [2.05, 4.69) is 0 Å². The lowest BCUT2D eigenvalue weighted by molar-refractivity contribution is -0.132. The van der Waals surface area contributed by atoms with Gasteiger partial charge >= 0.3 is 0 Å². The SMILES string of the molecule is COCCC(=O)N1CCC(O)(CN)C1. The van der Waals surface area contributed by atoms with Crippen molar-refractivity contribution in [2.45, 2.75) is 18.4 Å². The molecule has 1 aliphatic rings. The minimum atomic E-state index is -0.872. The molecule has 0 aliphatic carbocycles. The fourth-order valence-corrected chi connectivity index (χ4v) is 1.58. The molecule has 5 heteroatoms. The third-order valence-electron chi connectivity index (χ3n) is 2.58. The van der Waals surface area contributed by atoms with Gasteiger partial charge in [-0.25, -0.2) is 0 Å². The fraction of sp³-hybridized carbons (Fsp3) is 0.889. The summed E-state index contributed by atoms with van der Waals surface area (Å²) in [5, 5.41) is 9.79. The topological polar surface area (TPSA) is 75.8 Å². The minimum absolute atomic E-state index is 0.0243. The summed E-state index contributed by atoms with van der Waals surface area (Å²) in [6.07, 6.45) is 0.944. The molecule has 1 unspecified atom stereocenters. The predicted molar refractivity (Wildman–Crippen MR) is 51.7 cm³/mol. The van der Waals surface area contributed by atoms with Crippen LogP contribution in [0.2, 0.25) is 0 Å². The van der Waals surface area contributed by atoms with Crippen molar-refractivity contribution in [3.05, 3.63) is 0 Å². The number of amides is 1. The highest BCUT2D eigenvalue weighted by atomic mass is 16.5. The Morgan fingerprint density at radius 2 is 2.43 bits per heavy atom. The van der Waals surface area contributed by atoms with Crippen molar-refractivity contribution in [2.75, 3.05) is 33.4 Å². The van der Waals surface area contributed by atoms with E-state index in [0.717, 1.165) is 0 Å². The summed E-state index contributed by atoms with van der Waals surface area (Å²) in [5.74, 6) is 0.0243. The first kappa shape index (κ1) is 11.4. The molecule has 0 saturated carbocycles. The predicted octanol–water partition coefficient (Wildman–Crippen LogP) is -1.05. The number of nitrogens with zero attached hydrogens (tertiary/aromatic N) is 1. The number of likely N-dealkylation sites (tertiary alicyclic amines) is 1. The smallest absolute Gasteiger partial charge is 0.224 e. The van der Waals surface area contributed by atoms with Crippen LogP contribution in [0.1, 0.15) is 12.8 Å². The molecule has 1 heterocycles. The van der Waals surface area contributed by atoms with Crippen LogP contribution in [0.5, 0.6) is 0 Å². The molecule has 5 nitrogen and oxygen atoms in total. The van der Waals surface area contributed by atoms with Crippen molar-refractivity contribution in [2.24, 2.45) is 5.73 Å². The number of rotatable bonds is 4. The van der Waals surface area contributed by atoms with Gasteiger partial charge in [0.25, 0.3) is 0 Å². The molecule has 82 valence electrons. The summed E-state index contributed by atoms with van der Waals surface area (Å²) in [7, 11) is 1.56. The summed E-state index contributed by atoms with van der Waals surface area (Å²) in [5.41, 5.74) is 4.55. The van der Waals surface area contributed by atoms with E-state index in [4.69, 9.17) is 10.5 Å². The Balaban J connectivity index is 2.38. The number of hydrogen-bond donors (Lipinski definition) is 2. The van der Waals surface area contributed by atoms with Crippen molar-refractivity contribution < 1.29 is 14.6 Å². The van der Waals surface area contributed by atoms with E-state index in [0.29, 0.717) is 32.5 Å². The van der Waals surface area contributed by atoms with Crippen molar-refractivity contribution in [1.82, 2.24) is 4.90 Å². The zero-order chi connectivity index (χ0) is 10.6. The number of β-amino-alcohol motifs (C(OH)–C–C–N with tert-alkyl or cyclic N) is 1. The van der Waals surface area contributed by atoms with E-state index in [1.807, 2.05) is 0 Å². The molecule has 1 aliphatic heterocycles. The molecule has 3 N–H and O–H groups in total. The molecule has 14 heavy (non-hydrogen) atoms. The van der Waals surface area contributed by atoms with Gasteiger partial charge in [-0.2, -0.15) is 0 Å². The van der Waals surface area contributed by atoms with Crippen molar-refractivity contribution in [3.63, 3.8) is 0 Å². The number of aliphatic hydroxyl groups is 1. The third-order valence-corrected chi connectivity index (χ3v) is 2.58. The average Bonchev–Trinajstić information content (AvgIpc) is 2.58. The fourth-order valence-electron chi connectivity index (χ4n) is 1.58.